The number of fused-ring (bicyclic) bond motifs is 1. The van der Waals surface area contributed by atoms with Gasteiger partial charge in [-0.2, -0.15) is 0 Å². The number of ether oxygens (including phenoxy) is 12. The van der Waals surface area contributed by atoms with Crippen molar-refractivity contribution < 1.29 is 95.2 Å². The maximum atomic E-state index is 12.8. The molecule has 0 N–H and O–H groups in total. The highest BCUT2D eigenvalue weighted by Crippen LogP contribution is 2.49. The van der Waals surface area contributed by atoms with E-state index in [1.54, 1.807) is 12.1 Å². The Morgan fingerprint density at radius 2 is 0.700 bits per heavy atom. The molecular formula is C40H48O20. The van der Waals surface area contributed by atoms with Crippen LogP contribution >= 0.6 is 0 Å². The summed E-state index contributed by atoms with van der Waals surface area (Å²) in [6, 6.07) is 6.21. The Morgan fingerprint density at radius 1 is 0.417 bits per heavy atom. The summed E-state index contributed by atoms with van der Waals surface area (Å²) in [5, 5.41) is 0.581. The average molecular weight is 849 g/mol. The van der Waals surface area contributed by atoms with Gasteiger partial charge >= 0.3 is 47.8 Å². The van der Waals surface area contributed by atoms with Gasteiger partial charge in [0.25, 0.3) is 0 Å². The first-order chi connectivity index (χ1) is 28.3. The van der Waals surface area contributed by atoms with E-state index in [2.05, 4.69) is 0 Å². The lowest BCUT2D eigenvalue weighted by Gasteiger charge is -2.45. The van der Waals surface area contributed by atoms with Crippen LogP contribution in [0.3, 0.4) is 0 Å². The van der Waals surface area contributed by atoms with Crippen molar-refractivity contribution in [3.63, 3.8) is 0 Å². The first-order valence-electron chi connectivity index (χ1n) is 18.6. The first-order valence-corrected chi connectivity index (χ1v) is 18.6. The zero-order valence-electron chi connectivity index (χ0n) is 34.7. The average Bonchev–Trinajstić information content (AvgIpc) is 3.14. The van der Waals surface area contributed by atoms with Crippen molar-refractivity contribution in [2.75, 3.05) is 27.4 Å². The molecule has 20 nitrogen and oxygen atoms in total. The number of methoxy groups -OCH3 is 2. The van der Waals surface area contributed by atoms with Crippen LogP contribution in [0.15, 0.2) is 24.3 Å². The summed E-state index contributed by atoms with van der Waals surface area (Å²) >= 11 is 0. The van der Waals surface area contributed by atoms with Gasteiger partial charge in [-0.1, -0.05) is 12.1 Å². The van der Waals surface area contributed by atoms with E-state index in [1.165, 1.54) is 26.4 Å². The number of benzene rings is 2. The largest absolute Gasteiger partial charge is 0.496 e. The van der Waals surface area contributed by atoms with Crippen molar-refractivity contribution in [2.45, 2.75) is 116 Å². The van der Waals surface area contributed by atoms with Gasteiger partial charge in [-0.3, -0.25) is 38.4 Å². The summed E-state index contributed by atoms with van der Waals surface area (Å²) in [5.74, 6) is -6.17. The lowest BCUT2D eigenvalue weighted by molar-refractivity contribution is -0.254. The van der Waals surface area contributed by atoms with Crippen molar-refractivity contribution in [1.82, 2.24) is 0 Å². The highest BCUT2D eigenvalue weighted by Gasteiger charge is 2.55. The molecular weight excluding hydrogens is 800 g/mol. The number of esters is 8. The second-order valence-electron chi connectivity index (χ2n) is 13.7. The molecule has 2 aliphatic heterocycles. The SMILES string of the molecule is COc1ccc2c([C@@H]3O[C@H](COC(C)=O)[C@H](OC(C)=O)[C@H](OC(C)=O)[C@H]3OC(C)=O)c(OC)ccc2c1[C@@H]1O[C@H](COC(C)=O)[C@H](OC(C)=O)[C@H](OC(C)=O)[C@H]1OC(C)=O. The molecule has 0 amide bonds. The van der Waals surface area contributed by atoms with Gasteiger partial charge in [0.05, 0.1) is 14.2 Å². The van der Waals surface area contributed by atoms with Crippen molar-refractivity contribution in [2.24, 2.45) is 0 Å². The molecule has 0 spiro atoms. The van der Waals surface area contributed by atoms with Gasteiger partial charge in [-0.05, 0) is 22.9 Å². The minimum Gasteiger partial charge on any atom is -0.496 e. The molecule has 328 valence electrons. The maximum absolute atomic E-state index is 12.8. The molecule has 4 rings (SSSR count). The van der Waals surface area contributed by atoms with E-state index in [9.17, 15) is 38.4 Å². The van der Waals surface area contributed by atoms with Crippen LogP contribution in [0.2, 0.25) is 0 Å². The van der Waals surface area contributed by atoms with Crippen LogP contribution < -0.4 is 9.47 Å². The molecule has 0 bridgehead atoms. The standard InChI is InChI=1S/C40H48O20/c1-17(41)51-15-29-33(53-19(3)43)37(55-21(5)45)39(57-23(7)47)35(59-29)31-25-11-14-28(50-10)32(26(25)12-13-27(31)49-9)36-40(58-24(8)48)38(56-22(6)46)34(54-20(4)44)30(60-36)16-52-18(2)42/h11-14,29-30,33-40H,15-16H2,1-10H3/t29-,30-,33+,34+,35+,36+,37+,38+,39+,40+/m1/s1. The molecule has 20 heteroatoms. The summed E-state index contributed by atoms with van der Waals surface area (Å²) in [6.07, 6.45) is -14.6. The van der Waals surface area contributed by atoms with Gasteiger partial charge < -0.3 is 56.8 Å². The molecule has 2 fully saturated rings. The Kier molecular flexibility index (Phi) is 15.8. The molecule has 0 saturated carbocycles. The zero-order chi connectivity index (χ0) is 44.6. The van der Waals surface area contributed by atoms with Crippen LogP contribution in [-0.2, 0) is 85.7 Å². The van der Waals surface area contributed by atoms with Crippen LogP contribution in [-0.4, -0.2) is 124 Å². The Hall–Kier alpha value is -6.02. The number of carbonyl (C=O) groups excluding carboxylic acids is 8. The Balaban J connectivity index is 2.08. The van der Waals surface area contributed by atoms with E-state index in [0.717, 1.165) is 55.4 Å². The van der Waals surface area contributed by atoms with Crippen molar-refractivity contribution >= 4 is 58.5 Å². The highest BCUT2D eigenvalue weighted by atomic mass is 16.7. The molecule has 10 atom stereocenters. The highest BCUT2D eigenvalue weighted by molar-refractivity contribution is 5.93. The van der Waals surface area contributed by atoms with E-state index in [0.29, 0.717) is 10.8 Å². The third-order valence-electron chi connectivity index (χ3n) is 9.19. The van der Waals surface area contributed by atoms with Gasteiger partial charge in [0, 0.05) is 66.5 Å². The van der Waals surface area contributed by atoms with E-state index < -0.39 is 122 Å². The fraction of sp³-hybridized carbons (Fsp3) is 0.550. The van der Waals surface area contributed by atoms with Crippen LogP contribution in [0.1, 0.15) is 78.7 Å². The van der Waals surface area contributed by atoms with Crippen LogP contribution in [0.5, 0.6) is 11.5 Å². The van der Waals surface area contributed by atoms with Gasteiger partial charge in [-0.15, -0.1) is 0 Å². The number of carbonyl (C=O) groups is 8. The maximum Gasteiger partial charge on any atom is 0.303 e. The summed E-state index contributed by atoms with van der Waals surface area (Å²) in [4.78, 5) is 99.5. The molecule has 2 saturated heterocycles. The number of hydrogen-bond acceptors (Lipinski definition) is 20. The van der Waals surface area contributed by atoms with Crippen LogP contribution in [0.25, 0.3) is 10.8 Å². The summed E-state index contributed by atoms with van der Waals surface area (Å²) in [5.41, 5.74) is 0.337. The lowest BCUT2D eigenvalue weighted by atomic mass is 9.84. The predicted octanol–water partition coefficient (Wildman–Crippen LogP) is 2.45. The Morgan fingerprint density at radius 3 is 0.967 bits per heavy atom. The fourth-order valence-electron chi connectivity index (χ4n) is 7.28. The number of rotatable bonds is 14. The molecule has 2 heterocycles. The summed E-state index contributed by atoms with van der Waals surface area (Å²) in [6.45, 7) is 7.83. The van der Waals surface area contributed by atoms with Gasteiger partial charge in [0.2, 0.25) is 0 Å². The molecule has 0 radical (unpaired) electrons. The fourth-order valence-corrected chi connectivity index (χ4v) is 7.28. The first kappa shape index (κ1) is 46.7. The lowest BCUT2D eigenvalue weighted by Crippen LogP contribution is -2.59. The topological polar surface area (TPSA) is 247 Å². The van der Waals surface area contributed by atoms with Crippen LogP contribution in [0, 0.1) is 0 Å². The van der Waals surface area contributed by atoms with E-state index in [-0.39, 0.29) is 22.6 Å². The summed E-state index contributed by atoms with van der Waals surface area (Å²) < 4.78 is 69.2. The van der Waals surface area contributed by atoms with Crippen LogP contribution in [0.4, 0.5) is 0 Å². The third kappa shape index (κ3) is 11.2. The summed E-state index contributed by atoms with van der Waals surface area (Å²) in [7, 11) is 2.69. The van der Waals surface area contributed by atoms with Crippen molar-refractivity contribution in [3.8, 4) is 11.5 Å². The zero-order valence-corrected chi connectivity index (χ0v) is 34.7. The molecule has 0 aliphatic carbocycles. The molecule has 0 unspecified atom stereocenters. The quantitative estimate of drug-likeness (QED) is 0.196. The van der Waals surface area contributed by atoms with Crippen molar-refractivity contribution in [1.29, 1.82) is 0 Å². The number of hydrogen-bond donors (Lipinski definition) is 0. The molecule has 2 aromatic rings. The Labute approximate surface area is 344 Å². The van der Waals surface area contributed by atoms with E-state index in [4.69, 9.17) is 56.8 Å². The second-order valence-corrected chi connectivity index (χ2v) is 13.7. The third-order valence-corrected chi connectivity index (χ3v) is 9.19. The molecule has 2 aromatic carbocycles. The van der Waals surface area contributed by atoms with Crippen molar-refractivity contribution in [3.05, 3.63) is 35.4 Å². The normalized spacial score (nSPS) is 26.0. The van der Waals surface area contributed by atoms with Gasteiger partial charge in [0.1, 0.15) is 49.1 Å². The minimum absolute atomic E-state index is 0.140. The van der Waals surface area contributed by atoms with E-state index >= 15 is 0 Å². The Bertz CT molecular complexity index is 1840. The smallest absolute Gasteiger partial charge is 0.303 e. The molecule has 60 heavy (non-hydrogen) atoms. The van der Waals surface area contributed by atoms with E-state index in [1.807, 2.05) is 0 Å². The van der Waals surface area contributed by atoms with Gasteiger partial charge in [0.15, 0.2) is 36.6 Å². The minimum atomic E-state index is -1.54. The molecule has 0 aromatic heterocycles. The second kappa shape index (κ2) is 20.3. The monoisotopic (exact) mass is 848 g/mol. The van der Waals surface area contributed by atoms with Gasteiger partial charge in [-0.25, -0.2) is 0 Å². The molecule has 2 aliphatic rings. The predicted molar refractivity (Wildman–Crippen MR) is 199 cm³/mol.